The van der Waals surface area contributed by atoms with Gasteiger partial charge < -0.3 is 10.1 Å². The second kappa shape index (κ2) is 5.90. The molecule has 1 aliphatic rings. The van der Waals surface area contributed by atoms with Crippen LogP contribution >= 0.6 is 0 Å². The van der Waals surface area contributed by atoms with E-state index in [1.54, 1.807) is 0 Å². The zero-order chi connectivity index (χ0) is 14.8. The first-order valence-corrected chi connectivity index (χ1v) is 7.64. The van der Waals surface area contributed by atoms with Crippen molar-refractivity contribution >= 4 is 0 Å². The summed E-state index contributed by atoms with van der Waals surface area (Å²) in [6.07, 6.45) is 1.06. The third-order valence-corrected chi connectivity index (χ3v) is 4.46. The Morgan fingerprint density at radius 1 is 1.14 bits per heavy atom. The van der Waals surface area contributed by atoms with E-state index in [0.29, 0.717) is 12.0 Å². The maximum absolute atomic E-state index is 5.97. The SMILES string of the molecule is CNC(c1cc(C)ccc1C)C1COc2ccccc2C1. The van der Waals surface area contributed by atoms with Gasteiger partial charge in [0.15, 0.2) is 0 Å². The van der Waals surface area contributed by atoms with Crippen LogP contribution in [0.2, 0.25) is 0 Å². The van der Waals surface area contributed by atoms with Gasteiger partial charge in [0.25, 0.3) is 0 Å². The summed E-state index contributed by atoms with van der Waals surface area (Å²) < 4.78 is 5.97. The second-order valence-corrected chi connectivity index (χ2v) is 6.01. The van der Waals surface area contributed by atoms with Crippen molar-refractivity contribution in [2.24, 2.45) is 5.92 Å². The van der Waals surface area contributed by atoms with Crippen LogP contribution in [0.5, 0.6) is 5.75 Å². The molecule has 2 aromatic rings. The quantitative estimate of drug-likeness (QED) is 0.923. The summed E-state index contributed by atoms with van der Waals surface area (Å²) in [7, 11) is 2.05. The third kappa shape index (κ3) is 2.81. The van der Waals surface area contributed by atoms with Gasteiger partial charge in [0, 0.05) is 12.0 Å². The van der Waals surface area contributed by atoms with Crippen molar-refractivity contribution < 1.29 is 4.74 Å². The van der Waals surface area contributed by atoms with Crippen molar-refractivity contribution in [3.05, 3.63) is 64.7 Å². The molecular formula is C19H23NO. The van der Waals surface area contributed by atoms with Gasteiger partial charge in [-0.25, -0.2) is 0 Å². The van der Waals surface area contributed by atoms with Crippen LogP contribution < -0.4 is 10.1 Å². The van der Waals surface area contributed by atoms with E-state index in [2.05, 4.69) is 55.6 Å². The largest absolute Gasteiger partial charge is 0.493 e. The highest BCUT2D eigenvalue weighted by atomic mass is 16.5. The van der Waals surface area contributed by atoms with Crippen LogP contribution in [-0.2, 0) is 6.42 Å². The molecule has 3 rings (SSSR count). The zero-order valence-electron chi connectivity index (χ0n) is 13.0. The molecule has 0 aliphatic carbocycles. The molecule has 0 fully saturated rings. The first-order valence-electron chi connectivity index (χ1n) is 7.64. The molecule has 0 bridgehead atoms. The Labute approximate surface area is 127 Å². The van der Waals surface area contributed by atoms with E-state index in [9.17, 15) is 0 Å². The van der Waals surface area contributed by atoms with E-state index in [-0.39, 0.29) is 0 Å². The Morgan fingerprint density at radius 3 is 2.76 bits per heavy atom. The van der Waals surface area contributed by atoms with Gasteiger partial charge in [-0.15, -0.1) is 0 Å². The van der Waals surface area contributed by atoms with E-state index < -0.39 is 0 Å². The lowest BCUT2D eigenvalue weighted by atomic mass is 9.84. The number of nitrogens with one attached hydrogen (secondary N) is 1. The zero-order valence-corrected chi connectivity index (χ0v) is 13.0. The number of aryl methyl sites for hydroxylation is 2. The number of ether oxygens (including phenoxy) is 1. The Morgan fingerprint density at radius 2 is 1.95 bits per heavy atom. The average molecular weight is 281 g/mol. The van der Waals surface area contributed by atoms with Crippen LogP contribution in [0, 0.1) is 19.8 Å². The van der Waals surface area contributed by atoms with Gasteiger partial charge in [-0.3, -0.25) is 0 Å². The van der Waals surface area contributed by atoms with Gasteiger partial charge in [0.05, 0.1) is 6.61 Å². The van der Waals surface area contributed by atoms with Gasteiger partial charge in [-0.1, -0.05) is 42.0 Å². The summed E-state index contributed by atoms with van der Waals surface area (Å²) in [6, 6.07) is 15.4. The van der Waals surface area contributed by atoms with Crippen molar-refractivity contribution in [1.82, 2.24) is 5.32 Å². The maximum Gasteiger partial charge on any atom is 0.122 e. The minimum absolute atomic E-state index is 0.332. The molecule has 0 spiro atoms. The molecule has 1 N–H and O–H groups in total. The average Bonchev–Trinajstić information content (AvgIpc) is 2.51. The molecule has 0 amide bonds. The van der Waals surface area contributed by atoms with Gasteiger partial charge in [-0.2, -0.15) is 0 Å². The van der Waals surface area contributed by atoms with E-state index in [4.69, 9.17) is 4.74 Å². The van der Waals surface area contributed by atoms with Crippen LogP contribution in [0.25, 0.3) is 0 Å². The number of hydrogen-bond donors (Lipinski definition) is 1. The Hall–Kier alpha value is -1.80. The Balaban J connectivity index is 1.90. The predicted octanol–water partition coefficient (Wildman–Crippen LogP) is 3.82. The minimum atomic E-state index is 0.332. The molecule has 2 nitrogen and oxygen atoms in total. The molecule has 0 saturated heterocycles. The van der Waals surface area contributed by atoms with E-state index in [1.807, 2.05) is 13.1 Å². The fourth-order valence-corrected chi connectivity index (χ4v) is 3.31. The minimum Gasteiger partial charge on any atom is -0.493 e. The molecule has 110 valence electrons. The summed E-state index contributed by atoms with van der Waals surface area (Å²) in [5.74, 6) is 1.51. The van der Waals surface area contributed by atoms with E-state index >= 15 is 0 Å². The maximum atomic E-state index is 5.97. The first-order chi connectivity index (χ1) is 10.2. The monoisotopic (exact) mass is 281 g/mol. The summed E-state index contributed by atoms with van der Waals surface area (Å²) >= 11 is 0. The summed E-state index contributed by atoms with van der Waals surface area (Å²) in [5, 5.41) is 3.51. The molecule has 2 heteroatoms. The molecule has 2 aromatic carbocycles. The van der Waals surface area contributed by atoms with Crippen molar-refractivity contribution in [3.8, 4) is 5.75 Å². The van der Waals surface area contributed by atoms with Crippen LogP contribution in [0.15, 0.2) is 42.5 Å². The van der Waals surface area contributed by atoms with Crippen molar-refractivity contribution in [2.75, 3.05) is 13.7 Å². The third-order valence-electron chi connectivity index (χ3n) is 4.46. The number of rotatable bonds is 3. The molecular weight excluding hydrogens is 258 g/mol. The Kier molecular flexibility index (Phi) is 3.98. The molecule has 2 atom stereocenters. The van der Waals surface area contributed by atoms with E-state index in [0.717, 1.165) is 18.8 Å². The van der Waals surface area contributed by atoms with Crippen molar-refractivity contribution in [2.45, 2.75) is 26.3 Å². The van der Waals surface area contributed by atoms with Crippen LogP contribution in [0.3, 0.4) is 0 Å². The smallest absolute Gasteiger partial charge is 0.122 e. The molecule has 0 saturated carbocycles. The fourth-order valence-electron chi connectivity index (χ4n) is 3.31. The van der Waals surface area contributed by atoms with Crippen LogP contribution in [0.1, 0.15) is 28.3 Å². The molecule has 0 radical (unpaired) electrons. The number of fused-ring (bicyclic) bond motifs is 1. The topological polar surface area (TPSA) is 21.3 Å². The Bertz CT molecular complexity index is 635. The summed E-state index contributed by atoms with van der Waals surface area (Å²) in [4.78, 5) is 0. The van der Waals surface area contributed by atoms with Crippen molar-refractivity contribution in [3.63, 3.8) is 0 Å². The van der Waals surface area contributed by atoms with Crippen molar-refractivity contribution in [1.29, 1.82) is 0 Å². The number of benzene rings is 2. The summed E-state index contributed by atoms with van der Waals surface area (Å²) in [5.41, 5.74) is 5.37. The molecule has 2 unspecified atom stereocenters. The standard InChI is InChI=1S/C19H23NO/c1-13-8-9-14(2)17(10-13)19(20-3)16-11-15-6-4-5-7-18(15)21-12-16/h4-10,16,19-20H,11-12H2,1-3H3. The second-order valence-electron chi connectivity index (χ2n) is 6.01. The summed E-state index contributed by atoms with van der Waals surface area (Å²) in [6.45, 7) is 5.12. The molecule has 21 heavy (non-hydrogen) atoms. The first kappa shape index (κ1) is 14.2. The molecule has 0 aromatic heterocycles. The predicted molar refractivity (Wildman–Crippen MR) is 86.8 cm³/mol. The fraction of sp³-hybridized carbons (Fsp3) is 0.368. The van der Waals surface area contributed by atoms with Crippen LogP contribution in [-0.4, -0.2) is 13.7 Å². The van der Waals surface area contributed by atoms with Gasteiger partial charge >= 0.3 is 0 Å². The highest BCUT2D eigenvalue weighted by Gasteiger charge is 2.28. The van der Waals surface area contributed by atoms with E-state index in [1.165, 1.54) is 22.3 Å². The molecule has 1 aliphatic heterocycles. The highest BCUT2D eigenvalue weighted by Crippen LogP contribution is 2.34. The number of para-hydroxylation sites is 1. The lowest BCUT2D eigenvalue weighted by Crippen LogP contribution is -2.34. The van der Waals surface area contributed by atoms with Gasteiger partial charge in [-0.05, 0) is 50.1 Å². The normalized spacial score (nSPS) is 18.7. The number of hydrogen-bond acceptors (Lipinski definition) is 2. The van der Waals surface area contributed by atoms with Gasteiger partial charge in [0.2, 0.25) is 0 Å². The lowest BCUT2D eigenvalue weighted by molar-refractivity contribution is 0.188. The molecule has 1 heterocycles. The lowest BCUT2D eigenvalue weighted by Gasteiger charge is -2.32. The van der Waals surface area contributed by atoms with Gasteiger partial charge in [0.1, 0.15) is 5.75 Å². The highest BCUT2D eigenvalue weighted by molar-refractivity contribution is 5.38. The van der Waals surface area contributed by atoms with Crippen LogP contribution in [0.4, 0.5) is 0 Å².